The van der Waals surface area contributed by atoms with Crippen LogP contribution in [-0.4, -0.2) is 18.7 Å². The maximum absolute atomic E-state index is 12.2. The Hall–Kier alpha value is -2.68. The van der Waals surface area contributed by atoms with Crippen LogP contribution in [0.2, 0.25) is 0 Å². The number of likely N-dealkylation sites (N-methyl/N-ethyl adjacent to an activating group) is 1. The fourth-order valence-corrected chi connectivity index (χ4v) is 2.36. The van der Waals surface area contributed by atoms with Gasteiger partial charge in [0, 0.05) is 18.2 Å². The van der Waals surface area contributed by atoms with E-state index < -0.39 is 0 Å². The lowest BCUT2D eigenvalue weighted by Gasteiger charge is -2.07. The van der Waals surface area contributed by atoms with Crippen LogP contribution >= 0.6 is 0 Å². The van der Waals surface area contributed by atoms with Crippen LogP contribution in [0.3, 0.4) is 0 Å². The molecular weight excluding hydrogens is 250 g/mol. The molecular formula is C17H13NO2. The number of rotatable bonds is 2. The molecule has 0 spiro atoms. The Bertz CT molecular complexity index is 717. The van der Waals surface area contributed by atoms with Crippen LogP contribution in [-0.2, 0) is 4.79 Å². The average molecular weight is 263 g/mol. The van der Waals surface area contributed by atoms with Crippen LogP contribution in [0.15, 0.2) is 60.7 Å². The summed E-state index contributed by atoms with van der Waals surface area (Å²) in [6.07, 6.45) is 1.43. The van der Waals surface area contributed by atoms with Crippen molar-refractivity contribution in [1.82, 2.24) is 0 Å². The first-order valence-electron chi connectivity index (χ1n) is 6.37. The summed E-state index contributed by atoms with van der Waals surface area (Å²) in [6, 6.07) is 16.4. The van der Waals surface area contributed by atoms with E-state index in [0.717, 1.165) is 11.3 Å². The molecule has 0 atom stereocenters. The Morgan fingerprint density at radius 2 is 1.65 bits per heavy atom. The van der Waals surface area contributed by atoms with Crippen molar-refractivity contribution < 1.29 is 9.59 Å². The van der Waals surface area contributed by atoms with Gasteiger partial charge in [-0.1, -0.05) is 48.5 Å². The second kappa shape index (κ2) is 4.78. The second-order valence-electron chi connectivity index (χ2n) is 4.67. The minimum absolute atomic E-state index is 0.143. The van der Waals surface area contributed by atoms with Crippen LogP contribution in [0.25, 0.3) is 5.57 Å². The lowest BCUT2D eigenvalue weighted by atomic mass is 10.0. The van der Waals surface area contributed by atoms with Crippen LogP contribution in [0.1, 0.15) is 15.9 Å². The van der Waals surface area contributed by atoms with Crippen molar-refractivity contribution in [1.29, 1.82) is 0 Å². The lowest BCUT2D eigenvalue weighted by Crippen LogP contribution is -2.20. The van der Waals surface area contributed by atoms with Gasteiger partial charge in [0.1, 0.15) is 0 Å². The number of hydrogen-bond acceptors (Lipinski definition) is 2. The predicted molar refractivity (Wildman–Crippen MR) is 78.6 cm³/mol. The van der Waals surface area contributed by atoms with E-state index in [1.807, 2.05) is 42.5 Å². The number of amides is 1. The Kier molecular flexibility index (Phi) is 2.95. The van der Waals surface area contributed by atoms with Crippen LogP contribution in [0.5, 0.6) is 0 Å². The third-order valence-corrected chi connectivity index (χ3v) is 3.42. The number of anilines is 1. The summed E-state index contributed by atoms with van der Waals surface area (Å²) in [5.74, 6) is -0.297. The highest BCUT2D eigenvalue weighted by Crippen LogP contribution is 2.35. The smallest absolute Gasteiger partial charge is 0.258 e. The van der Waals surface area contributed by atoms with Crippen LogP contribution < -0.4 is 4.90 Å². The van der Waals surface area contributed by atoms with Crippen molar-refractivity contribution in [2.45, 2.75) is 0 Å². The lowest BCUT2D eigenvalue weighted by molar-refractivity contribution is -0.112. The Morgan fingerprint density at radius 1 is 1.00 bits per heavy atom. The zero-order chi connectivity index (χ0) is 14.1. The maximum Gasteiger partial charge on any atom is 0.258 e. The van der Waals surface area contributed by atoms with E-state index in [2.05, 4.69) is 0 Å². The molecule has 0 aliphatic carbocycles. The van der Waals surface area contributed by atoms with Gasteiger partial charge in [0.05, 0.1) is 11.3 Å². The van der Waals surface area contributed by atoms with E-state index in [1.165, 1.54) is 6.08 Å². The minimum Gasteiger partial charge on any atom is -0.311 e. The van der Waals surface area contributed by atoms with Gasteiger partial charge in [0.25, 0.3) is 5.91 Å². The third-order valence-electron chi connectivity index (χ3n) is 3.42. The number of para-hydroxylation sites is 1. The Labute approximate surface area is 117 Å². The highest BCUT2D eigenvalue weighted by Gasteiger charge is 2.29. The van der Waals surface area contributed by atoms with E-state index in [0.29, 0.717) is 11.1 Å². The van der Waals surface area contributed by atoms with Gasteiger partial charge < -0.3 is 4.90 Å². The molecule has 3 rings (SSSR count). The number of allylic oxidation sites excluding steroid dienone is 1. The number of benzene rings is 2. The number of carbonyl (C=O) groups excluding carboxylic acids is 2. The molecule has 1 amide bonds. The Morgan fingerprint density at radius 3 is 2.40 bits per heavy atom. The third kappa shape index (κ3) is 1.93. The van der Waals surface area contributed by atoms with Crippen molar-refractivity contribution in [2.75, 3.05) is 11.9 Å². The fraction of sp³-hybridized carbons (Fsp3) is 0.0588. The summed E-state index contributed by atoms with van der Waals surface area (Å²) in [5, 5.41) is 0. The molecule has 0 aromatic heterocycles. The van der Waals surface area contributed by atoms with Crippen LogP contribution in [0.4, 0.5) is 5.69 Å². The second-order valence-corrected chi connectivity index (χ2v) is 4.67. The largest absolute Gasteiger partial charge is 0.311 e. The fourth-order valence-electron chi connectivity index (χ4n) is 2.36. The quantitative estimate of drug-likeness (QED) is 0.617. The van der Waals surface area contributed by atoms with E-state index in [9.17, 15) is 9.59 Å². The molecule has 1 heterocycles. The number of hydrogen-bond donors (Lipinski definition) is 0. The molecule has 2 aromatic carbocycles. The molecule has 0 bridgehead atoms. The highest BCUT2D eigenvalue weighted by molar-refractivity contribution is 6.35. The summed E-state index contributed by atoms with van der Waals surface area (Å²) < 4.78 is 0. The van der Waals surface area contributed by atoms with Crippen molar-refractivity contribution in [3.63, 3.8) is 0 Å². The van der Waals surface area contributed by atoms with Crippen molar-refractivity contribution >= 4 is 23.0 Å². The molecule has 1 aliphatic rings. The number of carbonyl (C=O) groups is 2. The van der Waals surface area contributed by atoms with Gasteiger partial charge in [0.2, 0.25) is 0 Å². The standard InChI is InChI=1S/C17H13NO2/c1-18-15-10-6-5-9-13(15)14(17(18)20)11-16(19)12-7-3-2-4-8-12/h2-11H,1H3/b14-11-. The highest BCUT2D eigenvalue weighted by atomic mass is 16.2. The first-order chi connectivity index (χ1) is 9.68. The first-order valence-corrected chi connectivity index (χ1v) is 6.37. The Balaban J connectivity index is 2.05. The molecule has 0 radical (unpaired) electrons. The molecule has 1 aliphatic heterocycles. The van der Waals surface area contributed by atoms with Gasteiger partial charge in [-0.2, -0.15) is 0 Å². The SMILES string of the molecule is CN1C(=O)/C(=C\C(=O)c2ccccc2)c2ccccc21. The minimum atomic E-state index is -0.154. The number of fused-ring (bicyclic) bond motifs is 1. The molecule has 0 unspecified atom stereocenters. The molecule has 0 fully saturated rings. The van der Waals surface area contributed by atoms with E-state index >= 15 is 0 Å². The van der Waals surface area contributed by atoms with Gasteiger partial charge >= 0.3 is 0 Å². The summed E-state index contributed by atoms with van der Waals surface area (Å²) in [4.78, 5) is 26.0. The summed E-state index contributed by atoms with van der Waals surface area (Å²) in [5.41, 5.74) is 2.69. The number of nitrogens with zero attached hydrogens (tertiary/aromatic N) is 1. The predicted octanol–water partition coefficient (Wildman–Crippen LogP) is 2.93. The molecule has 98 valence electrons. The molecule has 0 saturated heterocycles. The summed E-state index contributed by atoms with van der Waals surface area (Å²) in [6.45, 7) is 0. The van der Waals surface area contributed by atoms with Gasteiger partial charge in [-0.05, 0) is 12.1 Å². The van der Waals surface area contributed by atoms with Crippen molar-refractivity contribution in [2.24, 2.45) is 0 Å². The monoisotopic (exact) mass is 263 g/mol. The molecule has 0 saturated carbocycles. The normalized spacial score (nSPS) is 15.6. The topological polar surface area (TPSA) is 37.4 Å². The van der Waals surface area contributed by atoms with Gasteiger partial charge in [-0.15, -0.1) is 0 Å². The van der Waals surface area contributed by atoms with E-state index in [4.69, 9.17) is 0 Å². The van der Waals surface area contributed by atoms with Gasteiger partial charge in [0.15, 0.2) is 5.78 Å². The zero-order valence-corrected chi connectivity index (χ0v) is 11.0. The molecule has 20 heavy (non-hydrogen) atoms. The van der Waals surface area contributed by atoms with Crippen LogP contribution in [0, 0.1) is 0 Å². The summed E-state index contributed by atoms with van der Waals surface area (Å²) in [7, 11) is 1.72. The summed E-state index contributed by atoms with van der Waals surface area (Å²) >= 11 is 0. The molecule has 0 N–H and O–H groups in total. The molecule has 3 heteroatoms. The van der Waals surface area contributed by atoms with E-state index in [-0.39, 0.29) is 11.7 Å². The van der Waals surface area contributed by atoms with Gasteiger partial charge in [-0.3, -0.25) is 9.59 Å². The number of ketones is 1. The van der Waals surface area contributed by atoms with E-state index in [1.54, 1.807) is 24.1 Å². The molecule has 2 aromatic rings. The maximum atomic E-state index is 12.2. The first kappa shape index (κ1) is 12.4. The van der Waals surface area contributed by atoms with Gasteiger partial charge in [-0.25, -0.2) is 0 Å². The molecule has 3 nitrogen and oxygen atoms in total. The van der Waals surface area contributed by atoms with Crippen molar-refractivity contribution in [3.05, 3.63) is 71.8 Å². The average Bonchev–Trinajstić information content (AvgIpc) is 2.74. The zero-order valence-electron chi connectivity index (χ0n) is 11.0. The van der Waals surface area contributed by atoms with Crippen molar-refractivity contribution in [3.8, 4) is 0 Å².